The second-order valence-electron chi connectivity index (χ2n) is 5.04. The number of hydrogen-bond donors (Lipinski definition) is 2. The smallest absolute Gasteiger partial charge is 0.339 e. The molecule has 122 valence electrons. The molecule has 0 unspecified atom stereocenters. The van der Waals surface area contributed by atoms with E-state index in [-0.39, 0.29) is 11.5 Å². The van der Waals surface area contributed by atoms with E-state index in [1.165, 1.54) is 0 Å². The van der Waals surface area contributed by atoms with Crippen molar-refractivity contribution in [2.45, 2.75) is 26.7 Å². The Labute approximate surface area is 142 Å². The predicted molar refractivity (Wildman–Crippen MR) is 91.7 cm³/mol. The van der Waals surface area contributed by atoms with Crippen molar-refractivity contribution in [3.8, 4) is 17.0 Å². The maximum atomic E-state index is 11.5. The molecule has 2 rings (SSSR count). The van der Waals surface area contributed by atoms with E-state index < -0.39 is 5.97 Å². The summed E-state index contributed by atoms with van der Waals surface area (Å²) in [6.45, 7) is 4.33. The molecule has 1 aromatic heterocycles. The Morgan fingerprint density at radius 2 is 2.13 bits per heavy atom. The fraction of sp³-hybridized carbons (Fsp3) is 0.312. The van der Waals surface area contributed by atoms with Crippen LogP contribution >= 0.6 is 15.9 Å². The number of aromatic nitrogens is 2. The fourth-order valence-electron chi connectivity index (χ4n) is 2.15. The molecule has 1 aromatic carbocycles. The van der Waals surface area contributed by atoms with Crippen molar-refractivity contribution < 1.29 is 14.6 Å². The zero-order valence-corrected chi connectivity index (χ0v) is 14.6. The first-order valence-corrected chi connectivity index (χ1v) is 8.03. The van der Waals surface area contributed by atoms with Crippen LogP contribution < -0.4 is 10.5 Å². The normalized spacial score (nSPS) is 10.6. The van der Waals surface area contributed by atoms with Gasteiger partial charge in [-0.15, -0.1) is 0 Å². The first-order chi connectivity index (χ1) is 10.9. The molecule has 2 aromatic rings. The van der Waals surface area contributed by atoms with Crippen molar-refractivity contribution in [2.24, 2.45) is 0 Å². The first kappa shape index (κ1) is 17.2. The van der Waals surface area contributed by atoms with Crippen molar-refractivity contribution in [3.63, 3.8) is 0 Å². The molecule has 0 amide bonds. The van der Waals surface area contributed by atoms with Crippen LogP contribution in [0.1, 0.15) is 35.8 Å². The van der Waals surface area contributed by atoms with Crippen LogP contribution in [0.4, 0.5) is 5.95 Å². The minimum Gasteiger partial charge on any atom is -0.492 e. The lowest BCUT2D eigenvalue weighted by molar-refractivity contribution is 0.0696. The molecule has 23 heavy (non-hydrogen) atoms. The summed E-state index contributed by atoms with van der Waals surface area (Å²) in [6.07, 6.45) is 2.02. The summed E-state index contributed by atoms with van der Waals surface area (Å²) in [5.41, 5.74) is 6.97. The summed E-state index contributed by atoms with van der Waals surface area (Å²) in [6, 6.07) is 5.32. The average Bonchev–Trinajstić information content (AvgIpc) is 2.47. The van der Waals surface area contributed by atoms with E-state index in [2.05, 4.69) is 32.8 Å². The highest BCUT2D eigenvalue weighted by Gasteiger charge is 2.19. The van der Waals surface area contributed by atoms with Crippen molar-refractivity contribution in [2.75, 3.05) is 12.3 Å². The molecular weight excluding hydrogens is 362 g/mol. The molecule has 1 heterocycles. The maximum Gasteiger partial charge on any atom is 0.339 e. The SMILES string of the molecule is CCCCOc1ccc(-c2nc(N)nc(C)c2C(=O)O)cc1Br. The number of anilines is 1. The summed E-state index contributed by atoms with van der Waals surface area (Å²) < 4.78 is 6.41. The van der Waals surface area contributed by atoms with Crippen molar-refractivity contribution in [1.29, 1.82) is 0 Å². The van der Waals surface area contributed by atoms with Crippen LogP contribution in [0.15, 0.2) is 22.7 Å². The molecule has 0 bridgehead atoms. The van der Waals surface area contributed by atoms with E-state index in [1.807, 2.05) is 0 Å². The van der Waals surface area contributed by atoms with E-state index in [1.54, 1.807) is 25.1 Å². The first-order valence-electron chi connectivity index (χ1n) is 7.24. The Kier molecular flexibility index (Phi) is 5.54. The van der Waals surface area contributed by atoms with E-state index in [0.717, 1.165) is 17.3 Å². The van der Waals surface area contributed by atoms with E-state index in [0.29, 0.717) is 29.3 Å². The number of ether oxygens (including phenoxy) is 1. The number of carbonyl (C=O) groups is 1. The number of unbranched alkanes of at least 4 members (excludes halogenated alkanes) is 1. The lowest BCUT2D eigenvalue weighted by atomic mass is 10.0. The number of halogens is 1. The summed E-state index contributed by atoms with van der Waals surface area (Å²) >= 11 is 3.45. The van der Waals surface area contributed by atoms with Crippen LogP contribution in [0.3, 0.4) is 0 Å². The van der Waals surface area contributed by atoms with E-state index in [9.17, 15) is 9.90 Å². The lowest BCUT2D eigenvalue weighted by Gasteiger charge is -2.12. The van der Waals surface area contributed by atoms with Crippen LogP contribution in [0.2, 0.25) is 0 Å². The summed E-state index contributed by atoms with van der Waals surface area (Å²) in [5.74, 6) is -0.336. The highest BCUT2D eigenvalue weighted by Crippen LogP contribution is 2.32. The Balaban J connectivity index is 2.43. The standard InChI is InChI=1S/C16H18BrN3O3/c1-3-4-7-23-12-6-5-10(8-11(12)17)14-13(15(21)22)9(2)19-16(18)20-14/h5-6,8H,3-4,7H2,1-2H3,(H,21,22)(H2,18,19,20). The number of carboxylic acids is 1. The van der Waals surface area contributed by atoms with Gasteiger partial charge >= 0.3 is 5.97 Å². The minimum atomic E-state index is -1.09. The summed E-state index contributed by atoms with van der Waals surface area (Å²) in [5, 5.41) is 9.41. The van der Waals surface area contributed by atoms with Crippen LogP contribution in [0, 0.1) is 6.92 Å². The van der Waals surface area contributed by atoms with Gasteiger partial charge in [0.1, 0.15) is 11.3 Å². The third kappa shape index (κ3) is 3.98. The zero-order chi connectivity index (χ0) is 17.0. The molecular formula is C16H18BrN3O3. The highest BCUT2D eigenvalue weighted by molar-refractivity contribution is 9.10. The Hall–Kier alpha value is -2.15. The number of hydrogen-bond acceptors (Lipinski definition) is 5. The molecule has 0 fully saturated rings. The van der Waals surface area contributed by atoms with Gasteiger partial charge in [0, 0.05) is 5.56 Å². The molecule has 3 N–H and O–H groups in total. The minimum absolute atomic E-state index is 0.0434. The fourth-order valence-corrected chi connectivity index (χ4v) is 2.64. The van der Waals surface area contributed by atoms with Crippen LogP contribution in [0.5, 0.6) is 5.75 Å². The molecule has 0 radical (unpaired) electrons. The molecule has 0 atom stereocenters. The second-order valence-corrected chi connectivity index (χ2v) is 5.90. The van der Waals surface area contributed by atoms with Gasteiger partial charge in [-0.1, -0.05) is 13.3 Å². The molecule has 0 saturated heterocycles. The lowest BCUT2D eigenvalue weighted by Crippen LogP contribution is -2.09. The molecule has 0 aliphatic rings. The van der Waals surface area contributed by atoms with Gasteiger partial charge in [0.25, 0.3) is 0 Å². The van der Waals surface area contributed by atoms with Gasteiger partial charge in [-0.05, 0) is 47.5 Å². The van der Waals surface area contributed by atoms with Gasteiger partial charge in [-0.25, -0.2) is 14.8 Å². The van der Waals surface area contributed by atoms with Crippen molar-refractivity contribution >= 4 is 27.8 Å². The van der Waals surface area contributed by atoms with Crippen molar-refractivity contribution in [1.82, 2.24) is 9.97 Å². The highest BCUT2D eigenvalue weighted by atomic mass is 79.9. The molecule has 6 nitrogen and oxygen atoms in total. The van der Waals surface area contributed by atoms with E-state index >= 15 is 0 Å². The van der Waals surface area contributed by atoms with Gasteiger partial charge in [0.15, 0.2) is 0 Å². The van der Waals surface area contributed by atoms with Gasteiger partial charge in [0.2, 0.25) is 5.95 Å². The van der Waals surface area contributed by atoms with Gasteiger partial charge in [-0.3, -0.25) is 0 Å². The number of rotatable bonds is 6. The van der Waals surface area contributed by atoms with Crippen LogP contribution in [0.25, 0.3) is 11.3 Å². The molecule has 0 aliphatic heterocycles. The predicted octanol–water partition coefficient (Wildman–Crippen LogP) is 3.67. The monoisotopic (exact) mass is 379 g/mol. The van der Waals surface area contributed by atoms with Gasteiger partial charge in [-0.2, -0.15) is 0 Å². The number of nitrogen functional groups attached to an aromatic ring is 1. The van der Waals surface area contributed by atoms with Gasteiger partial charge < -0.3 is 15.6 Å². The maximum absolute atomic E-state index is 11.5. The van der Waals surface area contributed by atoms with Gasteiger partial charge in [0.05, 0.1) is 22.5 Å². The number of benzene rings is 1. The molecule has 7 heteroatoms. The Bertz CT molecular complexity index is 735. The number of aryl methyl sites for hydroxylation is 1. The van der Waals surface area contributed by atoms with Crippen LogP contribution in [-0.2, 0) is 0 Å². The number of carboxylic acid groups (broad SMARTS) is 1. The number of aromatic carboxylic acids is 1. The zero-order valence-electron chi connectivity index (χ0n) is 13.0. The summed E-state index contributed by atoms with van der Waals surface area (Å²) in [7, 11) is 0. The van der Waals surface area contributed by atoms with Crippen molar-refractivity contribution in [3.05, 3.63) is 33.9 Å². The number of nitrogens with two attached hydrogens (primary N) is 1. The molecule has 0 spiro atoms. The Morgan fingerprint density at radius 1 is 1.39 bits per heavy atom. The topological polar surface area (TPSA) is 98.3 Å². The van der Waals surface area contributed by atoms with E-state index in [4.69, 9.17) is 10.5 Å². The molecule has 0 saturated carbocycles. The average molecular weight is 380 g/mol. The molecule has 0 aliphatic carbocycles. The quantitative estimate of drug-likeness (QED) is 0.742. The largest absolute Gasteiger partial charge is 0.492 e. The third-order valence-electron chi connectivity index (χ3n) is 3.28. The third-order valence-corrected chi connectivity index (χ3v) is 3.90. The Morgan fingerprint density at radius 3 is 2.74 bits per heavy atom. The number of nitrogens with zero attached hydrogens (tertiary/aromatic N) is 2. The van der Waals surface area contributed by atoms with Crippen LogP contribution in [-0.4, -0.2) is 27.7 Å². The second kappa shape index (κ2) is 7.41. The summed E-state index contributed by atoms with van der Waals surface area (Å²) in [4.78, 5) is 19.5.